The van der Waals surface area contributed by atoms with Crippen molar-refractivity contribution in [2.24, 2.45) is 0 Å². The van der Waals surface area contributed by atoms with Gasteiger partial charge >= 0.3 is 0 Å². The van der Waals surface area contributed by atoms with E-state index in [4.69, 9.17) is 0 Å². The molecule has 0 saturated carbocycles. The third-order valence-electron chi connectivity index (χ3n) is 0.638. The molecule has 0 unspecified atom stereocenters. The number of aromatic nitrogens is 1. The van der Waals surface area contributed by atoms with E-state index in [9.17, 15) is 4.39 Å². The molecule has 38 valence electrons. The van der Waals surface area contributed by atoms with Crippen molar-refractivity contribution in [3.63, 3.8) is 0 Å². The summed E-state index contributed by atoms with van der Waals surface area (Å²) in [5.74, 6) is 0. The lowest BCUT2D eigenvalue weighted by Crippen LogP contribution is -1.65. The van der Waals surface area contributed by atoms with Crippen LogP contribution in [-0.4, -0.2) is 5.16 Å². The first-order chi connectivity index (χ1) is 3.43. The van der Waals surface area contributed by atoms with Crippen LogP contribution in [0.1, 0.15) is 5.56 Å². The highest BCUT2D eigenvalue weighted by Crippen LogP contribution is 1.96. The summed E-state index contributed by atoms with van der Waals surface area (Å²) in [5, 5.41) is 3.28. The molecule has 0 amide bonds. The quantitative estimate of drug-likeness (QED) is 0.530. The summed E-state index contributed by atoms with van der Waals surface area (Å²) < 4.78 is 15.8. The second-order valence-corrected chi connectivity index (χ2v) is 1.17. The van der Waals surface area contributed by atoms with Crippen LogP contribution in [0.5, 0.6) is 0 Å². The normalized spacial score (nSPS) is 9.29. The van der Waals surface area contributed by atoms with Gasteiger partial charge in [-0.2, -0.15) is 0 Å². The number of alkyl halides is 1. The molecule has 0 aliphatic carbocycles. The molecule has 0 bridgehead atoms. The Hall–Kier alpha value is -0.860. The first-order valence-electron chi connectivity index (χ1n) is 1.87. The van der Waals surface area contributed by atoms with Crippen molar-refractivity contribution < 1.29 is 8.91 Å². The molecule has 1 rings (SSSR count). The molecular formula is C4H4FNO. The standard InChI is InChI=1S/C4H4FNO/c5-1-4-2-6-7-3-4/h2-3H,1H2. The molecule has 0 aliphatic rings. The monoisotopic (exact) mass is 101 g/mol. The number of nitrogens with zero attached hydrogens (tertiary/aromatic N) is 1. The van der Waals surface area contributed by atoms with Crippen LogP contribution < -0.4 is 0 Å². The molecule has 0 N–H and O–H groups in total. The largest absolute Gasteiger partial charge is 0.364 e. The average molecular weight is 101 g/mol. The minimum Gasteiger partial charge on any atom is -0.364 e. The fraction of sp³-hybridized carbons (Fsp3) is 0.250. The minimum atomic E-state index is -0.497. The molecule has 1 aromatic heterocycles. The zero-order valence-electron chi connectivity index (χ0n) is 3.60. The maximum absolute atomic E-state index is 11.5. The summed E-state index contributed by atoms with van der Waals surface area (Å²) in [7, 11) is 0. The Balaban J connectivity index is 2.76. The van der Waals surface area contributed by atoms with Crippen molar-refractivity contribution in [2.75, 3.05) is 0 Å². The summed E-state index contributed by atoms with van der Waals surface area (Å²) >= 11 is 0. The fourth-order valence-electron chi connectivity index (χ4n) is 0.293. The first kappa shape index (κ1) is 4.30. The molecule has 0 saturated heterocycles. The number of rotatable bonds is 1. The zero-order chi connectivity index (χ0) is 5.11. The van der Waals surface area contributed by atoms with Crippen LogP contribution in [0.3, 0.4) is 0 Å². The molecule has 0 aliphatic heterocycles. The van der Waals surface area contributed by atoms with E-state index in [0.29, 0.717) is 5.56 Å². The lowest BCUT2D eigenvalue weighted by molar-refractivity contribution is 0.415. The average Bonchev–Trinajstić information content (AvgIpc) is 2.14. The van der Waals surface area contributed by atoms with Gasteiger partial charge in [-0.25, -0.2) is 4.39 Å². The van der Waals surface area contributed by atoms with Gasteiger partial charge in [0, 0.05) is 5.56 Å². The van der Waals surface area contributed by atoms with Gasteiger partial charge in [0.2, 0.25) is 0 Å². The molecule has 7 heavy (non-hydrogen) atoms. The number of halogens is 1. The summed E-state index contributed by atoms with van der Waals surface area (Å²) in [4.78, 5) is 0. The molecule has 3 heteroatoms. The summed E-state index contributed by atoms with van der Waals surface area (Å²) in [5.41, 5.74) is 0.486. The van der Waals surface area contributed by atoms with Gasteiger partial charge in [0.1, 0.15) is 12.9 Å². The number of hydrogen-bond donors (Lipinski definition) is 0. The van der Waals surface area contributed by atoms with Gasteiger partial charge in [-0.05, 0) is 0 Å². The van der Waals surface area contributed by atoms with Gasteiger partial charge in [-0.1, -0.05) is 5.16 Å². The Labute approximate surface area is 39.9 Å². The maximum atomic E-state index is 11.5. The Morgan fingerprint density at radius 2 is 2.71 bits per heavy atom. The molecule has 1 aromatic rings. The van der Waals surface area contributed by atoms with Gasteiger partial charge in [-0.15, -0.1) is 0 Å². The van der Waals surface area contributed by atoms with Crippen molar-refractivity contribution in [2.45, 2.75) is 6.67 Å². The maximum Gasteiger partial charge on any atom is 0.129 e. The smallest absolute Gasteiger partial charge is 0.129 e. The van der Waals surface area contributed by atoms with E-state index in [0.717, 1.165) is 0 Å². The summed E-state index contributed by atoms with van der Waals surface area (Å²) in [6.07, 6.45) is 2.62. The topological polar surface area (TPSA) is 26.0 Å². The third-order valence-corrected chi connectivity index (χ3v) is 0.638. The Kier molecular flexibility index (Phi) is 1.06. The van der Waals surface area contributed by atoms with E-state index in [-0.39, 0.29) is 0 Å². The van der Waals surface area contributed by atoms with Crippen LogP contribution in [0.4, 0.5) is 4.39 Å². The highest BCUT2D eigenvalue weighted by Gasteiger charge is 1.88. The van der Waals surface area contributed by atoms with Crippen LogP contribution in [0.2, 0.25) is 0 Å². The van der Waals surface area contributed by atoms with Crippen molar-refractivity contribution in [1.29, 1.82) is 0 Å². The SMILES string of the molecule is FCc1cnoc1. The molecule has 2 nitrogen and oxygen atoms in total. The van der Waals surface area contributed by atoms with Crippen LogP contribution in [0.15, 0.2) is 17.0 Å². The molecule has 0 aromatic carbocycles. The van der Waals surface area contributed by atoms with Crippen LogP contribution in [-0.2, 0) is 6.67 Å². The lowest BCUT2D eigenvalue weighted by Gasteiger charge is -1.71. The van der Waals surface area contributed by atoms with Crippen molar-refractivity contribution in [3.05, 3.63) is 18.0 Å². The van der Waals surface area contributed by atoms with Gasteiger partial charge in [-0.3, -0.25) is 0 Å². The van der Waals surface area contributed by atoms with Crippen LogP contribution in [0.25, 0.3) is 0 Å². The van der Waals surface area contributed by atoms with Gasteiger partial charge in [0.15, 0.2) is 0 Å². The predicted octanol–water partition coefficient (Wildman–Crippen LogP) is 1.14. The zero-order valence-corrected chi connectivity index (χ0v) is 3.60. The summed E-state index contributed by atoms with van der Waals surface area (Å²) in [6, 6.07) is 0. The van der Waals surface area contributed by atoms with Gasteiger partial charge < -0.3 is 4.52 Å². The van der Waals surface area contributed by atoms with E-state index in [1.54, 1.807) is 0 Å². The highest BCUT2D eigenvalue weighted by molar-refractivity contribution is 4.96. The van der Waals surface area contributed by atoms with Crippen molar-refractivity contribution in [3.8, 4) is 0 Å². The van der Waals surface area contributed by atoms with Crippen molar-refractivity contribution >= 4 is 0 Å². The van der Waals surface area contributed by atoms with Gasteiger partial charge in [0.25, 0.3) is 0 Å². The molecule has 0 spiro atoms. The molecule has 0 atom stereocenters. The molecule has 1 heterocycles. The Morgan fingerprint density at radius 1 is 1.86 bits per heavy atom. The van der Waals surface area contributed by atoms with E-state index in [2.05, 4.69) is 9.68 Å². The number of hydrogen-bond acceptors (Lipinski definition) is 2. The van der Waals surface area contributed by atoms with E-state index in [1.807, 2.05) is 0 Å². The molecule has 0 radical (unpaired) electrons. The van der Waals surface area contributed by atoms with Gasteiger partial charge in [0.05, 0.1) is 6.20 Å². The Morgan fingerprint density at radius 3 is 3.00 bits per heavy atom. The minimum absolute atomic E-state index is 0.486. The van der Waals surface area contributed by atoms with Crippen molar-refractivity contribution in [1.82, 2.24) is 5.16 Å². The van der Waals surface area contributed by atoms with Crippen LogP contribution >= 0.6 is 0 Å². The summed E-state index contributed by atoms with van der Waals surface area (Å²) in [6.45, 7) is -0.497. The highest BCUT2D eigenvalue weighted by atomic mass is 19.1. The first-order valence-corrected chi connectivity index (χ1v) is 1.87. The second kappa shape index (κ2) is 1.73. The lowest BCUT2D eigenvalue weighted by atomic mass is 10.4. The fourth-order valence-corrected chi connectivity index (χ4v) is 0.293. The Bertz CT molecular complexity index is 126. The molecule has 0 fully saturated rings. The van der Waals surface area contributed by atoms with E-state index in [1.165, 1.54) is 12.5 Å². The van der Waals surface area contributed by atoms with E-state index < -0.39 is 6.67 Å². The van der Waals surface area contributed by atoms with E-state index >= 15 is 0 Å². The van der Waals surface area contributed by atoms with Crippen LogP contribution in [0, 0.1) is 0 Å². The molecular weight excluding hydrogens is 97.0 g/mol. The predicted molar refractivity (Wildman–Crippen MR) is 21.3 cm³/mol. The third kappa shape index (κ3) is 0.765. The second-order valence-electron chi connectivity index (χ2n) is 1.17.